The van der Waals surface area contributed by atoms with Crippen LogP contribution in [-0.4, -0.2) is 62.6 Å². The molecule has 0 spiro atoms. The van der Waals surface area contributed by atoms with E-state index >= 15 is 0 Å². The third-order valence-corrected chi connectivity index (χ3v) is 6.29. The zero-order chi connectivity index (χ0) is 22.9. The summed E-state index contributed by atoms with van der Waals surface area (Å²) in [5, 5.41) is 23.1. The molecule has 1 aliphatic heterocycles. The first-order valence-electron chi connectivity index (χ1n) is 11.2. The zero-order valence-corrected chi connectivity index (χ0v) is 18.3. The van der Waals surface area contributed by atoms with Crippen LogP contribution in [0.15, 0.2) is 35.4 Å². The summed E-state index contributed by atoms with van der Waals surface area (Å²) in [6.07, 6.45) is 5.92. The van der Waals surface area contributed by atoms with Crippen LogP contribution >= 0.6 is 0 Å². The van der Waals surface area contributed by atoms with Gasteiger partial charge in [0.2, 0.25) is 0 Å². The normalized spacial score (nSPS) is 22.5. The van der Waals surface area contributed by atoms with Crippen molar-refractivity contribution in [3.63, 3.8) is 0 Å². The Morgan fingerprint density at radius 3 is 2.88 bits per heavy atom. The molecule has 3 aromatic rings. The minimum Gasteiger partial charge on any atom is -0.391 e. The highest BCUT2D eigenvalue weighted by molar-refractivity contribution is 6.00. The number of aliphatic hydroxyl groups excluding tert-OH is 1. The van der Waals surface area contributed by atoms with Gasteiger partial charge in [-0.15, -0.1) is 0 Å². The Bertz CT molecular complexity index is 1230. The summed E-state index contributed by atoms with van der Waals surface area (Å²) >= 11 is 0. The molecule has 5 rings (SSSR count). The Balaban J connectivity index is 1.46. The molecule has 1 amide bonds. The smallest absolute Gasteiger partial charge is 0.274 e. The number of nitrogens with zero attached hydrogens (tertiary/aromatic N) is 4. The molecule has 1 aliphatic carbocycles. The summed E-state index contributed by atoms with van der Waals surface area (Å²) in [4.78, 5) is 30.5. The quantitative estimate of drug-likeness (QED) is 0.438. The monoisotopic (exact) mass is 453 g/mol. The van der Waals surface area contributed by atoms with Crippen molar-refractivity contribution in [1.82, 2.24) is 24.5 Å². The second kappa shape index (κ2) is 8.83. The van der Waals surface area contributed by atoms with Crippen LogP contribution in [0.5, 0.6) is 0 Å². The van der Waals surface area contributed by atoms with Crippen LogP contribution < -0.4 is 21.5 Å². The predicted molar refractivity (Wildman–Crippen MR) is 122 cm³/mol. The Kier molecular flexibility index (Phi) is 5.73. The Morgan fingerprint density at radius 2 is 2.18 bits per heavy atom. The highest BCUT2D eigenvalue weighted by Crippen LogP contribution is 2.24. The number of carbonyl (C=O) groups is 1. The number of hydrogen-bond donors (Lipinski definition) is 4. The molecule has 4 heterocycles. The number of hydrogen-bond acceptors (Lipinski definition) is 8. The van der Waals surface area contributed by atoms with E-state index in [1.165, 1.54) is 10.7 Å². The van der Waals surface area contributed by atoms with Gasteiger partial charge in [0.1, 0.15) is 22.9 Å². The molecule has 2 aliphatic rings. The van der Waals surface area contributed by atoms with Crippen LogP contribution in [0, 0.1) is 0 Å². The number of nitrogens with one attached hydrogen (secondary N) is 3. The maximum atomic E-state index is 13.1. The second-order valence-electron chi connectivity index (χ2n) is 8.43. The number of ether oxygens (including phenoxy) is 1. The van der Waals surface area contributed by atoms with E-state index in [2.05, 4.69) is 26.0 Å². The van der Waals surface area contributed by atoms with Crippen molar-refractivity contribution in [2.75, 3.05) is 30.9 Å². The number of fused-ring (bicyclic) bond motifs is 1. The zero-order valence-electron chi connectivity index (χ0n) is 18.3. The van der Waals surface area contributed by atoms with Crippen molar-refractivity contribution in [2.45, 2.75) is 43.9 Å². The lowest BCUT2D eigenvalue weighted by Crippen LogP contribution is -2.50. The van der Waals surface area contributed by atoms with E-state index < -0.39 is 6.10 Å². The van der Waals surface area contributed by atoms with Gasteiger partial charge in [-0.05, 0) is 37.8 Å². The molecule has 2 fully saturated rings. The lowest BCUT2D eigenvalue weighted by Gasteiger charge is -2.32. The lowest BCUT2D eigenvalue weighted by atomic mass is 9.89. The number of amides is 1. The van der Waals surface area contributed by atoms with Gasteiger partial charge in [-0.25, -0.2) is 4.98 Å². The maximum absolute atomic E-state index is 13.1. The molecule has 1 saturated carbocycles. The van der Waals surface area contributed by atoms with Crippen LogP contribution in [0.25, 0.3) is 5.65 Å². The molecule has 1 unspecified atom stereocenters. The molecule has 3 aromatic heterocycles. The molecule has 0 aromatic carbocycles. The van der Waals surface area contributed by atoms with Crippen LogP contribution in [0.1, 0.15) is 42.1 Å². The number of aliphatic hydroxyl groups is 1. The Labute approximate surface area is 189 Å². The molecule has 3 atom stereocenters. The van der Waals surface area contributed by atoms with Crippen molar-refractivity contribution < 1.29 is 14.6 Å². The molecule has 0 bridgehead atoms. The average Bonchev–Trinajstić information content (AvgIpc) is 3.27. The van der Waals surface area contributed by atoms with Gasteiger partial charge < -0.3 is 30.4 Å². The van der Waals surface area contributed by atoms with Crippen molar-refractivity contribution >= 4 is 28.9 Å². The summed E-state index contributed by atoms with van der Waals surface area (Å²) in [6, 6.07) is 4.98. The molecular formula is C22H27N7O4. The van der Waals surface area contributed by atoms with Crippen LogP contribution in [0.3, 0.4) is 0 Å². The standard InChI is InChI=1S/C22H27N7O4/c1-23-19-10-18(25-16-5-2-8-28(22(16)32)13-4-3-9-33-12-13)27-20-14(11-24-29(19)20)21(31)26-15-6-7-17(15)30/h2,5,8,10-11,13,15,17,23,30H,3-4,6-7,9,12H2,1H3,(H,25,27)(H,26,31)/t13-,15?,17-/m0/s1. The number of rotatable bonds is 6. The number of pyridine rings is 1. The van der Waals surface area contributed by atoms with E-state index in [9.17, 15) is 14.7 Å². The third-order valence-electron chi connectivity index (χ3n) is 6.29. The number of aromatic nitrogens is 4. The summed E-state index contributed by atoms with van der Waals surface area (Å²) in [5.74, 6) is 0.654. The summed E-state index contributed by atoms with van der Waals surface area (Å²) in [6.45, 7) is 1.24. The van der Waals surface area contributed by atoms with Gasteiger partial charge in [0, 0.05) is 25.9 Å². The molecule has 4 N–H and O–H groups in total. The van der Waals surface area contributed by atoms with Gasteiger partial charge in [-0.2, -0.15) is 9.61 Å². The first kappa shape index (κ1) is 21.4. The second-order valence-corrected chi connectivity index (χ2v) is 8.43. The third kappa shape index (κ3) is 4.05. The highest BCUT2D eigenvalue weighted by atomic mass is 16.5. The minimum atomic E-state index is -0.524. The maximum Gasteiger partial charge on any atom is 0.274 e. The predicted octanol–water partition coefficient (Wildman–Crippen LogP) is 1.28. The largest absolute Gasteiger partial charge is 0.391 e. The van der Waals surface area contributed by atoms with Gasteiger partial charge in [0.25, 0.3) is 11.5 Å². The van der Waals surface area contributed by atoms with E-state index in [4.69, 9.17) is 4.74 Å². The minimum absolute atomic E-state index is 0.00305. The number of carbonyl (C=O) groups excluding carboxylic acids is 1. The van der Waals surface area contributed by atoms with E-state index in [0.29, 0.717) is 41.6 Å². The fourth-order valence-electron chi connectivity index (χ4n) is 4.24. The van der Waals surface area contributed by atoms with Crippen molar-refractivity contribution in [3.8, 4) is 0 Å². The lowest BCUT2D eigenvalue weighted by molar-refractivity contribution is 0.0448. The van der Waals surface area contributed by atoms with E-state index in [1.807, 2.05) is 6.07 Å². The van der Waals surface area contributed by atoms with E-state index in [0.717, 1.165) is 25.9 Å². The first-order valence-corrected chi connectivity index (χ1v) is 11.2. The SMILES string of the molecule is CNc1cc(Nc2cccn([C@H]3CCCOC3)c2=O)nc2c(C(=O)NC3CC[C@@H]3O)cnn12. The van der Waals surface area contributed by atoms with E-state index in [1.54, 1.807) is 29.9 Å². The summed E-state index contributed by atoms with van der Waals surface area (Å²) in [5.41, 5.74) is 0.850. The first-order chi connectivity index (χ1) is 16.0. The van der Waals surface area contributed by atoms with Gasteiger partial charge in [-0.3, -0.25) is 9.59 Å². The van der Waals surface area contributed by atoms with Gasteiger partial charge in [-0.1, -0.05) is 0 Å². The van der Waals surface area contributed by atoms with Crippen molar-refractivity contribution in [3.05, 3.63) is 46.5 Å². The summed E-state index contributed by atoms with van der Waals surface area (Å²) < 4.78 is 8.76. The topological polar surface area (TPSA) is 135 Å². The Hall–Kier alpha value is -3.44. The molecule has 1 saturated heterocycles. The highest BCUT2D eigenvalue weighted by Gasteiger charge is 2.31. The van der Waals surface area contributed by atoms with Crippen molar-refractivity contribution in [2.24, 2.45) is 0 Å². The number of anilines is 3. The molecular weight excluding hydrogens is 426 g/mol. The fraction of sp³-hybridized carbons (Fsp3) is 0.455. The Morgan fingerprint density at radius 1 is 1.30 bits per heavy atom. The van der Waals surface area contributed by atoms with Crippen molar-refractivity contribution in [1.29, 1.82) is 0 Å². The van der Waals surface area contributed by atoms with Crippen LogP contribution in [0.4, 0.5) is 17.3 Å². The molecule has 0 radical (unpaired) electrons. The fourth-order valence-corrected chi connectivity index (χ4v) is 4.24. The van der Waals surface area contributed by atoms with Crippen LogP contribution in [0.2, 0.25) is 0 Å². The van der Waals surface area contributed by atoms with Gasteiger partial charge >= 0.3 is 0 Å². The molecule has 11 heteroatoms. The van der Waals surface area contributed by atoms with Crippen LogP contribution in [-0.2, 0) is 4.74 Å². The molecule has 11 nitrogen and oxygen atoms in total. The van der Waals surface area contributed by atoms with Gasteiger partial charge in [0.05, 0.1) is 31.0 Å². The summed E-state index contributed by atoms with van der Waals surface area (Å²) in [7, 11) is 1.74. The molecule has 174 valence electrons. The molecule has 33 heavy (non-hydrogen) atoms. The van der Waals surface area contributed by atoms with E-state index in [-0.39, 0.29) is 23.6 Å². The average molecular weight is 454 g/mol. The van der Waals surface area contributed by atoms with Gasteiger partial charge in [0.15, 0.2) is 5.65 Å².